The molecule has 1 aromatic rings. The lowest BCUT2D eigenvalue weighted by Crippen LogP contribution is -2.47. The zero-order chi connectivity index (χ0) is 11.5. The highest BCUT2D eigenvalue weighted by Gasteiger charge is 2.38. The molecule has 0 unspecified atom stereocenters. The Morgan fingerprint density at radius 2 is 1.93 bits per heavy atom. The summed E-state index contributed by atoms with van der Waals surface area (Å²) in [6, 6.07) is 2.98. The number of carbonyl (C=O) groups excluding carboxylic acids is 2. The number of hydrazine groups is 1. The molecule has 2 amide bonds. The Kier molecular flexibility index (Phi) is 3.30. The maximum atomic E-state index is 11.7. The molecule has 0 aliphatic rings. The fraction of sp³-hybridized carbons (Fsp3) is 0.143. The normalized spacial score (nSPS) is 10.9. The van der Waals surface area contributed by atoms with E-state index in [9.17, 15) is 22.8 Å². The molecule has 4 nitrogen and oxygen atoms in total. The van der Waals surface area contributed by atoms with Gasteiger partial charge in [-0.3, -0.25) is 20.4 Å². The number of halogens is 3. The minimum Gasteiger partial charge on any atom is -0.266 e. The molecule has 0 radical (unpaired) electrons. The second-order valence-electron chi connectivity index (χ2n) is 2.38. The van der Waals surface area contributed by atoms with Gasteiger partial charge in [-0.2, -0.15) is 13.2 Å². The first-order valence-electron chi connectivity index (χ1n) is 3.62. The van der Waals surface area contributed by atoms with Crippen LogP contribution in [0, 0.1) is 0 Å². The van der Waals surface area contributed by atoms with Crippen molar-refractivity contribution < 1.29 is 22.8 Å². The van der Waals surface area contributed by atoms with Crippen LogP contribution in [-0.2, 0) is 4.79 Å². The first kappa shape index (κ1) is 11.5. The van der Waals surface area contributed by atoms with Crippen molar-refractivity contribution in [1.82, 2.24) is 10.9 Å². The molecule has 0 saturated carbocycles. The van der Waals surface area contributed by atoms with Crippen LogP contribution in [0.2, 0.25) is 0 Å². The van der Waals surface area contributed by atoms with E-state index in [1.54, 1.807) is 16.9 Å². The van der Waals surface area contributed by atoms with Gasteiger partial charge in [0.2, 0.25) is 0 Å². The molecule has 15 heavy (non-hydrogen) atoms. The molecule has 82 valence electrons. The van der Waals surface area contributed by atoms with Crippen LogP contribution < -0.4 is 10.9 Å². The number of hydrogen-bond donors (Lipinski definition) is 2. The average molecular weight is 238 g/mol. The van der Waals surface area contributed by atoms with Gasteiger partial charge in [0.1, 0.15) is 0 Å². The summed E-state index contributed by atoms with van der Waals surface area (Å²) in [5.41, 5.74) is 2.90. The third-order valence-corrected chi connectivity index (χ3v) is 2.16. The van der Waals surface area contributed by atoms with E-state index in [4.69, 9.17) is 0 Å². The van der Waals surface area contributed by atoms with Gasteiger partial charge in [0.05, 0.1) is 4.88 Å². The standard InChI is InChI=1S/C7H5F3N2O2S/c8-7(9,10)6(14)12-11-5(13)4-2-1-3-15-4/h1-3H,(H,11,13)(H,12,14). The first-order valence-corrected chi connectivity index (χ1v) is 4.50. The van der Waals surface area contributed by atoms with Crippen molar-refractivity contribution in [1.29, 1.82) is 0 Å². The molecule has 0 fully saturated rings. The summed E-state index contributed by atoms with van der Waals surface area (Å²) in [6.07, 6.45) is -5.01. The number of thiophene rings is 1. The zero-order valence-electron chi connectivity index (χ0n) is 7.09. The summed E-state index contributed by atoms with van der Waals surface area (Å²) < 4.78 is 35.0. The summed E-state index contributed by atoms with van der Waals surface area (Å²) >= 11 is 1.05. The molecular weight excluding hydrogens is 233 g/mol. The Hall–Kier alpha value is -1.57. The topological polar surface area (TPSA) is 58.2 Å². The number of amides is 2. The van der Waals surface area contributed by atoms with Gasteiger partial charge in [0.15, 0.2) is 0 Å². The predicted octanol–water partition coefficient (Wildman–Crippen LogP) is 1.07. The monoisotopic (exact) mass is 238 g/mol. The van der Waals surface area contributed by atoms with Crippen LogP contribution in [-0.4, -0.2) is 18.0 Å². The quantitative estimate of drug-likeness (QED) is 0.719. The highest BCUT2D eigenvalue weighted by molar-refractivity contribution is 7.12. The molecular formula is C7H5F3N2O2S. The van der Waals surface area contributed by atoms with Crippen LogP contribution in [0.15, 0.2) is 17.5 Å². The zero-order valence-corrected chi connectivity index (χ0v) is 7.91. The van der Waals surface area contributed by atoms with Crippen LogP contribution in [0.1, 0.15) is 9.67 Å². The van der Waals surface area contributed by atoms with E-state index in [0.29, 0.717) is 0 Å². The molecule has 1 aromatic heterocycles. The second-order valence-corrected chi connectivity index (χ2v) is 3.33. The second kappa shape index (κ2) is 4.30. The Bertz CT molecular complexity index is 361. The van der Waals surface area contributed by atoms with E-state index < -0.39 is 18.0 Å². The summed E-state index contributed by atoms with van der Waals surface area (Å²) in [7, 11) is 0. The van der Waals surface area contributed by atoms with E-state index in [2.05, 4.69) is 0 Å². The lowest BCUT2D eigenvalue weighted by Gasteiger charge is -2.07. The molecule has 0 aliphatic carbocycles. The van der Waals surface area contributed by atoms with Crippen molar-refractivity contribution in [3.8, 4) is 0 Å². The third-order valence-electron chi connectivity index (χ3n) is 1.29. The van der Waals surface area contributed by atoms with Crippen molar-refractivity contribution in [3.63, 3.8) is 0 Å². The average Bonchev–Trinajstić information content (AvgIpc) is 2.64. The van der Waals surface area contributed by atoms with Crippen LogP contribution in [0.4, 0.5) is 13.2 Å². The van der Waals surface area contributed by atoms with Crippen LogP contribution in [0.3, 0.4) is 0 Å². The molecule has 1 rings (SSSR count). The molecule has 0 spiro atoms. The number of hydrogen-bond acceptors (Lipinski definition) is 3. The Morgan fingerprint density at radius 3 is 2.40 bits per heavy atom. The maximum Gasteiger partial charge on any atom is 0.472 e. The van der Waals surface area contributed by atoms with Crippen LogP contribution >= 0.6 is 11.3 Å². The fourth-order valence-electron chi connectivity index (χ4n) is 0.654. The van der Waals surface area contributed by atoms with Crippen LogP contribution in [0.5, 0.6) is 0 Å². The molecule has 0 aromatic carbocycles. The van der Waals surface area contributed by atoms with Crippen molar-refractivity contribution in [2.24, 2.45) is 0 Å². The molecule has 0 atom stereocenters. The van der Waals surface area contributed by atoms with Gasteiger partial charge in [0.25, 0.3) is 5.91 Å². The maximum absolute atomic E-state index is 11.7. The summed E-state index contributed by atoms with van der Waals surface area (Å²) in [4.78, 5) is 21.6. The SMILES string of the molecule is O=C(NNC(=O)C(F)(F)F)c1cccs1. The predicted molar refractivity (Wildman–Crippen MR) is 46.0 cm³/mol. The Morgan fingerprint density at radius 1 is 1.27 bits per heavy atom. The van der Waals surface area contributed by atoms with E-state index in [-0.39, 0.29) is 4.88 Å². The number of rotatable bonds is 1. The van der Waals surface area contributed by atoms with Gasteiger partial charge in [-0.05, 0) is 11.4 Å². The van der Waals surface area contributed by atoms with Crippen molar-refractivity contribution in [2.75, 3.05) is 0 Å². The lowest BCUT2D eigenvalue weighted by molar-refractivity contribution is -0.174. The van der Waals surface area contributed by atoms with Crippen molar-refractivity contribution >= 4 is 23.2 Å². The highest BCUT2D eigenvalue weighted by atomic mass is 32.1. The van der Waals surface area contributed by atoms with Gasteiger partial charge < -0.3 is 0 Å². The van der Waals surface area contributed by atoms with Gasteiger partial charge in [0, 0.05) is 0 Å². The molecule has 1 heterocycles. The lowest BCUT2D eigenvalue weighted by atomic mass is 10.4. The minimum atomic E-state index is -5.01. The van der Waals surface area contributed by atoms with E-state index in [0.717, 1.165) is 11.3 Å². The number of carbonyl (C=O) groups is 2. The third kappa shape index (κ3) is 3.24. The van der Waals surface area contributed by atoms with E-state index >= 15 is 0 Å². The van der Waals surface area contributed by atoms with E-state index in [1.807, 2.05) is 0 Å². The summed E-state index contributed by atoms with van der Waals surface area (Å²) in [5, 5.41) is 1.58. The first-order chi connectivity index (χ1) is 6.91. The van der Waals surface area contributed by atoms with Crippen molar-refractivity contribution in [3.05, 3.63) is 22.4 Å². The minimum absolute atomic E-state index is 0.206. The molecule has 0 saturated heterocycles. The van der Waals surface area contributed by atoms with Gasteiger partial charge >= 0.3 is 12.1 Å². The van der Waals surface area contributed by atoms with Gasteiger partial charge in [-0.25, -0.2) is 0 Å². The Labute approximate surface area is 86.1 Å². The molecule has 2 N–H and O–H groups in total. The summed E-state index contributed by atoms with van der Waals surface area (Å²) in [6.45, 7) is 0. The van der Waals surface area contributed by atoms with Gasteiger partial charge in [-0.15, -0.1) is 11.3 Å². The molecule has 0 aliphatic heterocycles. The summed E-state index contributed by atoms with van der Waals surface area (Å²) in [5.74, 6) is -3.00. The molecule has 0 bridgehead atoms. The van der Waals surface area contributed by atoms with E-state index in [1.165, 1.54) is 11.5 Å². The Balaban J connectivity index is 2.45. The fourth-order valence-corrected chi connectivity index (χ4v) is 1.27. The van der Waals surface area contributed by atoms with Gasteiger partial charge in [-0.1, -0.05) is 6.07 Å². The van der Waals surface area contributed by atoms with Crippen molar-refractivity contribution in [2.45, 2.75) is 6.18 Å². The highest BCUT2D eigenvalue weighted by Crippen LogP contribution is 2.13. The largest absolute Gasteiger partial charge is 0.472 e. The molecule has 8 heteroatoms. The number of nitrogens with one attached hydrogen (secondary N) is 2. The smallest absolute Gasteiger partial charge is 0.266 e. The number of alkyl halides is 3. The van der Waals surface area contributed by atoms with Crippen LogP contribution in [0.25, 0.3) is 0 Å².